The molecule has 0 aliphatic rings. The van der Waals surface area contributed by atoms with Gasteiger partial charge in [0.1, 0.15) is 0 Å². The van der Waals surface area contributed by atoms with Crippen LogP contribution in [0.25, 0.3) is 0 Å². The maximum Gasteiger partial charge on any atom is 0.0452 e. The molecule has 0 spiro atoms. The number of nitrogens with zero attached hydrogens (tertiary/aromatic N) is 1. The first kappa shape index (κ1) is 14.1. The Morgan fingerprint density at radius 3 is 2.63 bits per heavy atom. The van der Waals surface area contributed by atoms with E-state index in [2.05, 4.69) is 77.3 Å². The summed E-state index contributed by atoms with van der Waals surface area (Å²) >= 11 is 3.54. The molecule has 100 valence electrons. The first-order valence-electron chi connectivity index (χ1n) is 6.40. The SMILES string of the molecule is Cc1cccc(N(C)c2cc(Br)ccc2CCN)c1. The lowest BCUT2D eigenvalue weighted by Gasteiger charge is -2.23. The lowest BCUT2D eigenvalue weighted by Crippen LogP contribution is -2.14. The molecule has 2 rings (SSSR count). The second-order valence-electron chi connectivity index (χ2n) is 4.71. The molecule has 0 unspecified atom stereocenters. The molecule has 0 heterocycles. The van der Waals surface area contributed by atoms with Crippen LogP contribution in [0.1, 0.15) is 11.1 Å². The Hall–Kier alpha value is -1.32. The first-order chi connectivity index (χ1) is 9.11. The molecule has 2 N–H and O–H groups in total. The Labute approximate surface area is 123 Å². The summed E-state index contributed by atoms with van der Waals surface area (Å²) in [6.07, 6.45) is 0.888. The highest BCUT2D eigenvalue weighted by molar-refractivity contribution is 9.10. The molecule has 3 heteroatoms. The van der Waals surface area contributed by atoms with Crippen molar-refractivity contribution in [2.45, 2.75) is 13.3 Å². The molecular weight excluding hydrogens is 300 g/mol. The summed E-state index contributed by atoms with van der Waals surface area (Å²) in [5.74, 6) is 0. The molecule has 0 aliphatic carbocycles. The van der Waals surface area contributed by atoms with Crippen molar-refractivity contribution in [1.29, 1.82) is 0 Å². The summed E-state index contributed by atoms with van der Waals surface area (Å²) in [6, 6.07) is 14.9. The zero-order valence-corrected chi connectivity index (χ0v) is 12.9. The van der Waals surface area contributed by atoms with Crippen molar-refractivity contribution in [1.82, 2.24) is 0 Å². The molecule has 2 aromatic rings. The van der Waals surface area contributed by atoms with Crippen molar-refractivity contribution >= 4 is 27.3 Å². The van der Waals surface area contributed by atoms with E-state index in [9.17, 15) is 0 Å². The average Bonchev–Trinajstić information content (AvgIpc) is 2.40. The van der Waals surface area contributed by atoms with Gasteiger partial charge in [-0.15, -0.1) is 0 Å². The van der Waals surface area contributed by atoms with E-state index in [0.29, 0.717) is 6.54 Å². The molecule has 2 nitrogen and oxygen atoms in total. The Balaban J connectivity index is 2.42. The van der Waals surface area contributed by atoms with Gasteiger partial charge < -0.3 is 10.6 Å². The fourth-order valence-corrected chi connectivity index (χ4v) is 2.54. The summed E-state index contributed by atoms with van der Waals surface area (Å²) in [7, 11) is 2.09. The molecule has 0 atom stereocenters. The van der Waals surface area contributed by atoms with Crippen LogP contribution >= 0.6 is 15.9 Å². The van der Waals surface area contributed by atoms with Gasteiger partial charge in [-0.2, -0.15) is 0 Å². The maximum atomic E-state index is 5.70. The standard InChI is InChI=1S/C16H19BrN2/c1-12-4-3-5-15(10-12)19(2)16-11-14(17)7-6-13(16)8-9-18/h3-7,10-11H,8-9,18H2,1-2H3. The predicted octanol–water partition coefficient (Wildman–Crippen LogP) is 4.03. The fraction of sp³-hybridized carbons (Fsp3) is 0.250. The largest absolute Gasteiger partial charge is 0.344 e. The van der Waals surface area contributed by atoms with Gasteiger partial charge in [-0.25, -0.2) is 0 Å². The minimum Gasteiger partial charge on any atom is -0.344 e. The molecule has 0 radical (unpaired) electrons. The third-order valence-corrected chi connectivity index (χ3v) is 3.70. The van der Waals surface area contributed by atoms with Gasteiger partial charge in [0, 0.05) is 22.9 Å². The zero-order valence-electron chi connectivity index (χ0n) is 11.4. The molecule has 0 aliphatic heterocycles. The Morgan fingerprint density at radius 1 is 1.16 bits per heavy atom. The maximum absolute atomic E-state index is 5.70. The second-order valence-corrected chi connectivity index (χ2v) is 5.63. The van der Waals surface area contributed by atoms with Gasteiger partial charge in [-0.05, 0) is 55.3 Å². The van der Waals surface area contributed by atoms with Gasteiger partial charge in [0.2, 0.25) is 0 Å². The topological polar surface area (TPSA) is 29.3 Å². The van der Waals surface area contributed by atoms with Crippen molar-refractivity contribution in [2.75, 3.05) is 18.5 Å². The molecule has 0 bridgehead atoms. The highest BCUT2D eigenvalue weighted by atomic mass is 79.9. The summed E-state index contributed by atoms with van der Waals surface area (Å²) in [4.78, 5) is 2.21. The minimum atomic E-state index is 0.663. The summed E-state index contributed by atoms with van der Waals surface area (Å²) < 4.78 is 1.09. The molecule has 0 fully saturated rings. The number of halogens is 1. The van der Waals surface area contributed by atoms with Crippen LogP contribution in [-0.4, -0.2) is 13.6 Å². The predicted molar refractivity (Wildman–Crippen MR) is 86.1 cm³/mol. The highest BCUT2D eigenvalue weighted by Crippen LogP contribution is 2.30. The van der Waals surface area contributed by atoms with Crippen LogP contribution in [0.2, 0.25) is 0 Å². The van der Waals surface area contributed by atoms with E-state index in [4.69, 9.17) is 5.73 Å². The van der Waals surface area contributed by atoms with Crippen molar-refractivity contribution in [2.24, 2.45) is 5.73 Å². The van der Waals surface area contributed by atoms with Crippen LogP contribution in [-0.2, 0) is 6.42 Å². The van der Waals surface area contributed by atoms with Crippen molar-refractivity contribution < 1.29 is 0 Å². The van der Waals surface area contributed by atoms with E-state index in [1.807, 2.05) is 0 Å². The number of nitrogens with two attached hydrogens (primary N) is 1. The fourth-order valence-electron chi connectivity index (χ4n) is 2.19. The van der Waals surface area contributed by atoms with Gasteiger partial charge >= 0.3 is 0 Å². The van der Waals surface area contributed by atoms with E-state index >= 15 is 0 Å². The van der Waals surface area contributed by atoms with Gasteiger partial charge in [0.05, 0.1) is 0 Å². The first-order valence-corrected chi connectivity index (χ1v) is 7.20. The molecule has 2 aromatic carbocycles. The number of benzene rings is 2. The second kappa shape index (κ2) is 6.22. The minimum absolute atomic E-state index is 0.663. The molecule has 0 aromatic heterocycles. The number of rotatable bonds is 4. The lowest BCUT2D eigenvalue weighted by atomic mass is 10.1. The van der Waals surface area contributed by atoms with E-state index in [1.165, 1.54) is 22.5 Å². The zero-order chi connectivity index (χ0) is 13.8. The highest BCUT2D eigenvalue weighted by Gasteiger charge is 2.09. The summed E-state index contributed by atoms with van der Waals surface area (Å²) in [5, 5.41) is 0. The molecule has 0 amide bonds. The number of hydrogen-bond donors (Lipinski definition) is 1. The number of aryl methyl sites for hydroxylation is 1. The summed E-state index contributed by atoms with van der Waals surface area (Å²) in [5.41, 5.74) is 10.6. The Bertz CT molecular complexity index is 566. The quantitative estimate of drug-likeness (QED) is 0.922. The monoisotopic (exact) mass is 318 g/mol. The average molecular weight is 319 g/mol. The van der Waals surface area contributed by atoms with E-state index in [0.717, 1.165) is 10.9 Å². The van der Waals surface area contributed by atoms with Crippen LogP contribution in [0.3, 0.4) is 0 Å². The normalized spacial score (nSPS) is 10.5. The summed E-state index contributed by atoms with van der Waals surface area (Å²) in [6.45, 7) is 2.77. The number of anilines is 2. The smallest absolute Gasteiger partial charge is 0.0452 e. The Kier molecular flexibility index (Phi) is 4.61. The van der Waals surface area contributed by atoms with Crippen LogP contribution < -0.4 is 10.6 Å². The third kappa shape index (κ3) is 3.37. The Morgan fingerprint density at radius 2 is 1.95 bits per heavy atom. The van der Waals surface area contributed by atoms with Crippen LogP contribution in [0.5, 0.6) is 0 Å². The van der Waals surface area contributed by atoms with Crippen molar-refractivity contribution in [3.63, 3.8) is 0 Å². The van der Waals surface area contributed by atoms with Crippen LogP contribution in [0.4, 0.5) is 11.4 Å². The van der Waals surface area contributed by atoms with Gasteiger partial charge in [0.15, 0.2) is 0 Å². The van der Waals surface area contributed by atoms with Gasteiger partial charge in [-0.1, -0.05) is 34.1 Å². The molecule has 19 heavy (non-hydrogen) atoms. The lowest BCUT2D eigenvalue weighted by molar-refractivity contribution is 0.960. The van der Waals surface area contributed by atoms with Crippen molar-refractivity contribution in [3.8, 4) is 0 Å². The van der Waals surface area contributed by atoms with Crippen LogP contribution in [0, 0.1) is 6.92 Å². The molecule has 0 saturated heterocycles. The van der Waals surface area contributed by atoms with E-state index in [1.54, 1.807) is 0 Å². The molecular formula is C16H19BrN2. The van der Waals surface area contributed by atoms with Gasteiger partial charge in [0.25, 0.3) is 0 Å². The number of hydrogen-bond acceptors (Lipinski definition) is 2. The van der Waals surface area contributed by atoms with Crippen LogP contribution in [0.15, 0.2) is 46.9 Å². The van der Waals surface area contributed by atoms with Crippen molar-refractivity contribution in [3.05, 3.63) is 58.1 Å². The third-order valence-electron chi connectivity index (χ3n) is 3.21. The molecule has 0 saturated carbocycles. The van der Waals surface area contributed by atoms with E-state index < -0.39 is 0 Å². The van der Waals surface area contributed by atoms with Gasteiger partial charge in [-0.3, -0.25) is 0 Å². The van der Waals surface area contributed by atoms with E-state index in [-0.39, 0.29) is 0 Å².